The van der Waals surface area contributed by atoms with Gasteiger partial charge in [0, 0.05) is 13.3 Å². The molecule has 13 heteroatoms. The summed E-state index contributed by atoms with van der Waals surface area (Å²) in [5, 5.41) is 7.27. The van der Waals surface area contributed by atoms with Crippen LogP contribution in [-0.4, -0.2) is 48.1 Å². The third-order valence-electron chi connectivity index (χ3n) is 3.70. The van der Waals surface area contributed by atoms with Gasteiger partial charge in [0.05, 0.1) is 37.0 Å². The van der Waals surface area contributed by atoms with Gasteiger partial charge in [0.1, 0.15) is 9.88 Å². The van der Waals surface area contributed by atoms with Crippen LogP contribution < -0.4 is 4.31 Å². The fourth-order valence-electron chi connectivity index (χ4n) is 2.35. The molecule has 3 heterocycles. The highest BCUT2D eigenvalue weighted by Gasteiger charge is 2.25. The number of pyridine rings is 1. The van der Waals surface area contributed by atoms with Gasteiger partial charge in [-0.15, -0.1) is 21.5 Å². The van der Waals surface area contributed by atoms with Crippen molar-refractivity contribution in [3.8, 4) is 10.8 Å². The molecule has 0 amide bonds. The fourth-order valence-corrected chi connectivity index (χ4v) is 4.60. The maximum Gasteiger partial charge on any atom is 0.314 e. The van der Waals surface area contributed by atoms with Crippen molar-refractivity contribution >= 4 is 27.0 Å². The maximum atomic E-state index is 12.8. The lowest BCUT2D eigenvalue weighted by atomic mass is 10.3. The van der Waals surface area contributed by atoms with Gasteiger partial charge in [-0.3, -0.25) is 9.29 Å². The van der Waals surface area contributed by atoms with Crippen molar-refractivity contribution in [2.45, 2.75) is 19.9 Å². The van der Waals surface area contributed by atoms with Crippen molar-refractivity contribution in [3.63, 3.8) is 0 Å². The van der Waals surface area contributed by atoms with E-state index >= 15 is 0 Å². The van der Waals surface area contributed by atoms with Crippen LogP contribution in [0, 0.1) is 6.92 Å². The lowest BCUT2D eigenvalue weighted by molar-refractivity contribution is 0.116. The second kappa shape index (κ2) is 8.88. The summed E-state index contributed by atoms with van der Waals surface area (Å²) in [6.45, 7) is 1.76. The summed E-state index contributed by atoms with van der Waals surface area (Å²) in [7, 11) is -2.31. The maximum absolute atomic E-state index is 12.8. The number of hydrogen-bond acceptors (Lipinski definition) is 9. The minimum absolute atomic E-state index is 0.0274. The highest BCUT2D eigenvalue weighted by molar-refractivity contribution is 7.92. The first-order chi connectivity index (χ1) is 13.8. The van der Waals surface area contributed by atoms with E-state index in [1.54, 1.807) is 19.2 Å². The number of ether oxygens (including phenoxy) is 1. The van der Waals surface area contributed by atoms with E-state index in [4.69, 9.17) is 9.15 Å². The number of anilines is 1. The van der Waals surface area contributed by atoms with E-state index < -0.39 is 22.3 Å². The highest BCUT2D eigenvalue weighted by Crippen LogP contribution is 2.30. The third-order valence-corrected chi connectivity index (χ3v) is 6.36. The Labute approximate surface area is 169 Å². The molecule has 0 aromatic carbocycles. The van der Waals surface area contributed by atoms with Crippen molar-refractivity contribution in [1.29, 1.82) is 0 Å². The van der Waals surface area contributed by atoms with Gasteiger partial charge in [0.15, 0.2) is 0 Å². The summed E-state index contributed by atoms with van der Waals surface area (Å²) in [4.78, 5) is 8.59. The molecule has 0 saturated heterocycles. The van der Waals surface area contributed by atoms with Crippen molar-refractivity contribution in [1.82, 2.24) is 20.2 Å². The largest absolute Gasteiger partial charge is 0.414 e. The molecule has 0 saturated carbocycles. The van der Waals surface area contributed by atoms with Gasteiger partial charge in [0.25, 0.3) is 11.8 Å². The molecule has 0 aliphatic heterocycles. The van der Waals surface area contributed by atoms with Gasteiger partial charge in [-0.25, -0.2) is 13.4 Å². The average Bonchev–Trinajstić information content (AvgIpc) is 3.33. The topological polar surface area (TPSA) is 111 Å². The Bertz CT molecular complexity index is 1070. The summed E-state index contributed by atoms with van der Waals surface area (Å²) in [6.07, 6.45) is 1.55. The smallest absolute Gasteiger partial charge is 0.314 e. The molecule has 0 unspecified atom stereocenters. The van der Waals surface area contributed by atoms with Crippen LogP contribution in [0.5, 0.6) is 0 Å². The number of hydrogen-bond donors (Lipinski definition) is 0. The van der Waals surface area contributed by atoms with Gasteiger partial charge < -0.3 is 9.15 Å². The van der Waals surface area contributed by atoms with Crippen LogP contribution in [0.2, 0.25) is 0 Å². The Balaban J connectivity index is 1.89. The van der Waals surface area contributed by atoms with Crippen molar-refractivity contribution in [3.05, 3.63) is 41.1 Å². The van der Waals surface area contributed by atoms with Crippen molar-refractivity contribution < 1.29 is 26.4 Å². The molecule has 0 radical (unpaired) electrons. The molecule has 29 heavy (non-hydrogen) atoms. The average molecular weight is 445 g/mol. The van der Waals surface area contributed by atoms with E-state index in [2.05, 4.69) is 20.2 Å². The van der Waals surface area contributed by atoms with Gasteiger partial charge >= 0.3 is 6.43 Å². The second-order valence-corrected chi connectivity index (χ2v) is 9.03. The normalized spacial score (nSPS) is 11.9. The molecule has 3 aromatic rings. The van der Waals surface area contributed by atoms with E-state index in [-0.39, 0.29) is 24.8 Å². The van der Waals surface area contributed by atoms with E-state index in [9.17, 15) is 17.2 Å². The number of sulfonamides is 1. The molecule has 0 aliphatic carbocycles. The summed E-state index contributed by atoms with van der Waals surface area (Å²) in [6, 6.07) is 1.69. The number of halogens is 2. The second-order valence-electron chi connectivity index (χ2n) is 5.90. The summed E-state index contributed by atoms with van der Waals surface area (Å²) < 4.78 is 61.9. The van der Waals surface area contributed by atoms with Gasteiger partial charge in [-0.05, 0) is 18.6 Å². The summed E-state index contributed by atoms with van der Waals surface area (Å²) in [5.74, 6) is -1.11. The van der Waals surface area contributed by atoms with Gasteiger partial charge in [-0.2, -0.15) is 8.78 Å². The Hall–Kier alpha value is -2.51. The number of nitrogens with zero attached hydrogens (tertiary/aromatic N) is 5. The molecule has 0 atom stereocenters. The highest BCUT2D eigenvalue weighted by atomic mass is 32.2. The first kappa shape index (κ1) is 21.2. The molecular weight excluding hydrogens is 428 g/mol. The SMILES string of the molecule is COCCS(=O)(=O)N(Cc1ncc(-c2nnc(C(F)F)o2)s1)c1cncc(C)c1. The van der Waals surface area contributed by atoms with Crippen LogP contribution in [-0.2, 0) is 21.3 Å². The van der Waals surface area contributed by atoms with E-state index in [0.717, 1.165) is 16.9 Å². The van der Waals surface area contributed by atoms with E-state index in [1.807, 2.05) is 0 Å². The predicted molar refractivity (Wildman–Crippen MR) is 101 cm³/mol. The number of thiazole rings is 1. The number of aromatic nitrogens is 4. The molecule has 0 N–H and O–H groups in total. The summed E-state index contributed by atoms with van der Waals surface area (Å²) >= 11 is 1.07. The van der Waals surface area contributed by atoms with Crippen molar-refractivity contribution in [2.24, 2.45) is 0 Å². The van der Waals surface area contributed by atoms with Crippen LogP contribution in [0.3, 0.4) is 0 Å². The Morgan fingerprint density at radius 2 is 2.07 bits per heavy atom. The van der Waals surface area contributed by atoms with Gasteiger partial charge in [0.2, 0.25) is 10.0 Å². The zero-order valence-corrected chi connectivity index (χ0v) is 17.1. The minimum atomic E-state index is -3.73. The Morgan fingerprint density at radius 1 is 1.28 bits per heavy atom. The number of rotatable bonds is 9. The van der Waals surface area contributed by atoms with Gasteiger partial charge in [-0.1, -0.05) is 0 Å². The Morgan fingerprint density at radius 3 is 2.72 bits per heavy atom. The molecule has 0 bridgehead atoms. The Kier molecular flexibility index (Phi) is 6.49. The molecule has 9 nitrogen and oxygen atoms in total. The van der Waals surface area contributed by atoms with E-state index in [0.29, 0.717) is 15.6 Å². The van der Waals surface area contributed by atoms with Crippen LogP contribution >= 0.6 is 11.3 Å². The molecule has 3 rings (SSSR count). The van der Waals surface area contributed by atoms with Crippen LogP contribution in [0.15, 0.2) is 29.1 Å². The van der Waals surface area contributed by atoms with Crippen LogP contribution in [0.1, 0.15) is 22.9 Å². The quantitative estimate of drug-likeness (QED) is 0.494. The number of aryl methyl sites for hydroxylation is 1. The lowest BCUT2D eigenvalue weighted by Gasteiger charge is -2.23. The molecule has 0 aliphatic rings. The standard InChI is InChI=1S/C16H17F2N5O4S2/c1-10-5-11(7-19-6-10)23(29(24,25)4-3-26-2)9-13-20-8-12(28-13)15-21-22-16(27-15)14(17)18/h5-8,14H,3-4,9H2,1-2H3. The third kappa shape index (κ3) is 5.10. The zero-order valence-electron chi connectivity index (χ0n) is 15.4. The lowest BCUT2D eigenvalue weighted by Crippen LogP contribution is -2.34. The number of alkyl halides is 2. The molecular formula is C16H17F2N5O4S2. The predicted octanol–water partition coefficient (Wildman–Crippen LogP) is 2.82. The number of methoxy groups -OCH3 is 1. The van der Waals surface area contributed by atoms with Crippen LogP contribution in [0.4, 0.5) is 14.5 Å². The zero-order chi connectivity index (χ0) is 21.0. The first-order valence-corrected chi connectivity index (χ1v) is 10.7. The minimum Gasteiger partial charge on any atom is -0.414 e. The van der Waals surface area contributed by atoms with Crippen molar-refractivity contribution in [2.75, 3.05) is 23.8 Å². The van der Waals surface area contributed by atoms with E-state index in [1.165, 1.54) is 23.8 Å². The molecule has 0 spiro atoms. The fraction of sp³-hybridized carbons (Fsp3) is 0.375. The molecule has 0 fully saturated rings. The van der Waals surface area contributed by atoms with Crippen LogP contribution in [0.25, 0.3) is 10.8 Å². The molecule has 3 aromatic heterocycles. The summed E-state index contributed by atoms with van der Waals surface area (Å²) in [5.41, 5.74) is 1.18. The first-order valence-electron chi connectivity index (χ1n) is 8.28. The monoisotopic (exact) mass is 445 g/mol. The molecule has 156 valence electrons.